The van der Waals surface area contributed by atoms with E-state index in [4.69, 9.17) is 0 Å². The Hall–Kier alpha value is -2.62. The Balaban J connectivity index is 1.58. The number of hydrogen-bond acceptors (Lipinski definition) is 2. The summed E-state index contributed by atoms with van der Waals surface area (Å²) in [4.78, 5) is 25.2. The zero-order valence-corrected chi connectivity index (χ0v) is 16.5. The molecule has 27 heavy (non-hydrogen) atoms. The van der Waals surface area contributed by atoms with Crippen LogP contribution in [0.4, 0.5) is 11.4 Å². The largest absolute Gasteiger partial charge is 0.326 e. The van der Waals surface area contributed by atoms with Crippen molar-refractivity contribution in [1.82, 2.24) is 0 Å². The summed E-state index contributed by atoms with van der Waals surface area (Å²) >= 11 is 0. The summed E-state index contributed by atoms with van der Waals surface area (Å²) in [6.45, 7) is 8.14. The first kappa shape index (κ1) is 19.2. The van der Waals surface area contributed by atoms with Crippen molar-refractivity contribution in [3.8, 4) is 0 Å². The van der Waals surface area contributed by atoms with Crippen LogP contribution in [-0.2, 0) is 9.59 Å². The lowest BCUT2D eigenvalue weighted by molar-refractivity contribution is -0.138. The van der Waals surface area contributed by atoms with Crippen molar-refractivity contribution in [3.05, 3.63) is 59.7 Å². The van der Waals surface area contributed by atoms with Gasteiger partial charge in [0, 0.05) is 23.7 Å². The molecule has 2 aromatic carbocycles. The molecule has 0 bridgehead atoms. The molecule has 1 fully saturated rings. The summed E-state index contributed by atoms with van der Waals surface area (Å²) in [6, 6.07) is 15.6. The van der Waals surface area contributed by atoms with Gasteiger partial charge in [-0.2, -0.15) is 0 Å². The van der Waals surface area contributed by atoms with E-state index in [2.05, 4.69) is 24.5 Å². The fourth-order valence-corrected chi connectivity index (χ4v) is 3.88. The van der Waals surface area contributed by atoms with Crippen molar-refractivity contribution in [3.63, 3.8) is 0 Å². The SMILES string of the molecule is Cc1ccccc1NC(=O)C[C@H]1C[C@@H](C(=O)Nc2ccccc2C)C1(C)C. The normalized spacial score (nSPS) is 20.4. The van der Waals surface area contributed by atoms with Crippen LogP contribution >= 0.6 is 0 Å². The second kappa shape index (κ2) is 7.55. The number of benzene rings is 2. The number of hydrogen-bond donors (Lipinski definition) is 2. The van der Waals surface area contributed by atoms with Gasteiger partial charge < -0.3 is 10.6 Å². The van der Waals surface area contributed by atoms with Crippen LogP contribution in [0.1, 0.15) is 37.8 Å². The molecular formula is C23H28N2O2. The Kier molecular flexibility index (Phi) is 5.36. The van der Waals surface area contributed by atoms with Crippen LogP contribution in [0.25, 0.3) is 0 Å². The molecule has 0 aromatic heterocycles. The predicted octanol–water partition coefficient (Wildman–Crippen LogP) is 4.93. The molecule has 2 N–H and O–H groups in total. The third kappa shape index (κ3) is 4.05. The fraction of sp³-hybridized carbons (Fsp3) is 0.391. The summed E-state index contributed by atoms with van der Waals surface area (Å²) in [6.07, 6.45) is 1.18. The van der Waals surface area contributed by atoms with Gasteiger partial charge in [-0.3, -0.25) is 9.59 Å². The molecule has 3 rings (SSSR count). The molecule has 1 aliphatic rings. The highest BCUT2D eigenvalue weighted by Crippen LogP contribution is 2.53. The number of rotatable bonds is 5. The van der Waals surface area contributed by atoms with Gasteiger partial charge in [-0.15, -0.1) is 0 Å². The summed E-state index contributed by atoms with van der Waals surface area (Å²) in [7, 11) is 0. The van der Waals surface area contributed by atoms with E-state index in [0.29, 0.717) is 6.42 Å². The van der Waals surface area contributed by atoms with Crippen LogP contribution in [0.15, 0.2) is 48.5 Å². The topological polar surface area (TPSA) is 58.2 Å². The fourth-order valence-electron chi connectivity index (χ4n) is 3.88. The predicted molar refractivity (Wildman–Crippen MR) is 110 cm³/mol. The summed E-state index contributed by atoms with van der Waals surface area (Å²) in [5.74, 6) is 0.188. The van der Waals surface area contributed by atoms with Crippen LogP contribution < -0.4 is 10.6 Å². The third-order valence-corrected chi connectivity index (χ3v) is 6.04. The van der Waals surface area contributed by atoms with Gasteiger partial charge in [-0.25, -0.2) is 0 Å². The highest BCUT2D eigenvalue weighted by Gasteiger charge is 2.52. The molecule has 0 spiro atoms. The first-order valence-electron chi connectivity index (χ1n) is 9.51. The number of para-hydroxylation sites is 2. The van der Waals surface area contributed by atoms with Crippen LogP contribution in [-0.4, -0.2) is 11.8 Å². The molecular weight excluding hydrogens is 336 g/mol. The Labute approximate surface area is 161 Å². The first-order chi connectivity index (χ1) is 12.8. The summed E-state index contributed by atoms with van der Waals surface area (Å²) in [5.41, 5.74) is 3.62. The van der Waals surface area contributed by atoms with Crippen molar-refractivity contribution >= 4 is 23.2 Å². The minimum absolute atomic E-state index is 0.0140. The quantitative estimate of drug-likeness (QED) is 0.790. The lowest BCUT2D eigenvalue weighted by Gasteiger charge is -2.51. The molecule has 0 aliphatic heterocycles. The van der Waals surface area contributed by atoms with Crippen molar-refractivity contribution in [1.29, 1.82) is 0 Å². The van der Waals surface area contributed by atoms with E-state index in [0.717, 1.165) is 28.9 Å². The Morgan fingerprint density at radius 2 is 1.44 bits per heavy atom. The number of carbonyl (C=O) groups excluding carboxylic acids is 2. The number of anilines is 2. The molecule has 4 nitrogen and oxygen atoms in total. The lowest BCUT2D eigenvalue weighted by Crippen LogP contribution is -2.51. The molecule has 0 radical (unpaired) electrons. The number of nitrogens with one attached hydrogen (secondary N) is 2. The average molecular weight is 364 g/mol. The van der Waals surface area contributed by atoms with Gasteiger partial charge in [0.2, 0.25) is 11.8 Å². The molecule has 2 aromatic rings. The average Bonchev–Trinajstić information content (AvgIpc) is 2.62. The number of carbonyl (C=O) groups is 2. The minimum atomic E-state index is -0.199. The monoisotopic (exact) mass is 364 g/mol. The number of amides is 2. The lowest BCUT2D eigenvalue weighted by atomic mass is 9.53. The standard InChI is InChI=1S/C23H28N2O2/c1-15-9-5-7-11-19(15)24-21(26)14-17-13-18(23(17,3)4)22(27)25-20-12-8-6-10-16(20)2/h5-12,17-18H,13-14H2,1-4H3,(H,24,26)(H,25,27)/t17-,18+/m1/s1. The van der Waals surface area contributed by atoms with E-state index in [1.807, 2.05) is 62.4 Å². The maximum Gasteiger partial charge on any atom is 0.228 e. The zero-order chi connectivity index (χ0) is 19.6. The maximum absolute atomic E-state index is 12.7. The van der Waals surface area contributed by atoms with Gasteiger partial charge in [-0.1, -0.05) is 50.2 Å². The van der Waals surface area contributed by atoms with Crippen molar-refractivity contribution < 1.29 is 9.59 Å². The molecule has 0 saturated heterocycles. The smallest absolute Gasteiger partial charge is 0.228 e. The van der Waals surface area contributed by atoms with E-state index in [1.165, 1.54) is 0 Å². The minimum Gasteiger partial charge on any atom is -0.326 e. The molecule has 1 aliphatic carbocycles. The number of aryl methyl sites for hydroxylation is 2. The van der Waals surface area contributed by atoms with E-state index < -0.39 is 0 Å². The van der Waals surface area contributed by atoms with Crippen LogP contribution in [0, 0.1) is 31.1 Å². The van der Waals surface area contributed by atoms with Gasteiger partial charge in [0.1, 0.15) is 0 Å². The van der Waals surface area contributed by atoms with E-state index in [-0.39, 0.29) is 29.1 Å². The first-order valence-corrected chi connectivity index (χ1v) is 9.51. The molecule has 2 atom stereocenters. The van der Waals surface area contributed by atoms with Crippen LogP contribution in [0.2, 0.25) is 0 Å². The Bertz CT molecular complexity index is 857. The third-order valence-electron chi connectivity index (χ3n) is 6.04. The molecule has 1 saturated carbocycles. The van der Waals surface area contributed by atoms with E-state index in [1.54, 1.807) is 0 Å². The Morgan fingerprint density at radius 1 is 0.926 bits per heavy atom. The highest BCUT2D eigenvalue weighted by molar-refractivity contribution is 5.95. The van der Waals surface area contributed by atoms with Crippen LogP contribution in [0.3, 0.4) is 0 Å². The van der Waals surface area contributed by atoms with Gasteiger partial charge in [0.15, 0.2) is 0 Å². The highest BCUT2D eigenvalue weighted by atomic mass is 16.2. The Morgan fingerprint density at radius 3 is 1.96 bits per heavy atom. The second-order valence-electron chi connectivity index (χ2n) is 8.18. The van der Waals surface area contributed by atoms with E-state index >= 15 is 0 Å². The van der Waals surface area contributed by atoms with Crippen molar-refractivity contribution in [2.75, 3.05) is 10.6 Å². The molecule has 4 heteroatoms. The van der Waals surface area contributed by atoms with Crippen LogP contribution in [0.5, 0.6) is 0 Å². The van der Waals surface area contributed by atoms with E-state index in [9.17, 15) is 9.59 Å². The second-order valence-corrected chi connectivity index (χ2v) is 8.18. The van der Waals surface area contributed by atoms with Crippen molar-refractivity contribution in [2.24, 2.45) is 17.3 Å². The van der Waals surface area contributed by atoms with Gasteiger partial charge in [0.25, 0.3) is 0 Å². The zero-order valence-electron chi connectivity index (χ0n) is 16.5. The molecule has 2 amide bonds. The van der Waals surface area contributed by atoms with Gasteiger partial charge >= 0.3 is 0 Å². The van der Waals surface area contributed by atoms with Crippen molar-refractivity contribution in [2.45, 2.75) is 40.5 Å². The van der Waals surface area contributed by atoms with Gasteiger partial charge in [0.05, 0.1) is 0 Å². The van der Waals surface area contributed by atoms with Gasteiger partial charge in [-0.05, 0) is 54.9 Å². The summed E-state index contributed by atoms with van der Waals surface area (Å²) < 4.78 is 0. The summed E-state index contributed by atoms with van der Waals surface area (Å²) in [5, 5.41) is 6.05. The molecule has 0 heterocycles. The molecule has 142 valence electrons. The maximum atomic E-state index is 12.7. The molecule has 0 unspecified atom stereocenters.